The fourth-order valence-electron chi connectivity index (χ4n) is 3.01. The van der Waals surface area contributed by atoms with E-state index in [-0.39, 0.29) is 34.9 Å². The number of halogens is 1. The molecule has 3 rings (SSSR count). The van der Waals surface area contributed by atoms with Crippen molar-refractivity contribution >= 4 is 5.76 Å². The van der Waals surface area contributed by atoms with E-state index in [1.54, 1.807) is 0 Å². The Kier molecular flexibility index (Phi) is 2.62. The molecule has 6 heteroatoms. The highest BCUT2D eigenvalue weighted by Crippen LogP contribution is 2.52. The number of hydrogen-bond donors (Lipinski definition) is 2. The van der Waals surface area contributed by atoms with Gasteiger partial charge in [0.1, 0.15) is 11.4 Å². The maximum atomic E-state index is 14.5. The van der Waals surface area contributed by atoms with E-state index in [0.717, 1.165) is 12.8 Å². The monoisotopic (exact) mass is 266 g/mol. The summed E-state index contributed by atoms with van der Waals surface area (Å²) in [5.74, 6) is -0.669. The fourth-order valence-corrected chi connectivity index (χ4v) is 3.01. The summed E-state index contributed by atoms with van der Waals surface area (Å²) in [7, 11) is 1.34. The predicted molar refractivity (Wildman–Crippen MR) is 67.3 cm³/mol. The van der Waals surface area contributed by atoms with E-state index >= 15 is 0 Å². The van der Waals surface area contributed by atoms with Crippen LogP contribution in [0, 0.1) is 11.8 Å². The van der Waals surface area contributed by atoms with Crippen molar-refractivity contribution in [1.29, 1.82) is 0 Å². The van der Waals surface area contributed by atoms with Gasteiger partial charge in [-0.1, -0.05) is 6.92 Å². The molecule has 1 saturated carbocycles. The summed E-state index contributed by atoms with van der Waals surface area (Å²) in [5.41, 5.74) is -0.581. The number of rotatable bonds is 2. The molecule has 19 heavy (non-hydrogen) atoms. The highest BCUT2D eigenvalue weighted by Gasteiger charge is 2.45. The second kappa shape index (κ2) is 4.08. The molecule has 0 spiro atoms. The number of aromatic nitrogens is 2. The molecule has 0 aliphatic heterocycles. The molecule has 1 aromatic rings. The Bertz CT molecular complexity index is 669. The minimum atomic E-state index is -0.605. The number of fused-ring (bicyclic) bond motifs is 1. The predicted octanol–water partition coefficient (Wildman–Crippen LogP) is 1.49. The van der Waals surface area contributed by atoms with Crippen LogP contribution in [-0.4, -0.2) is 17.1 Å². The molecule has 0 bridgehead atoms. The highest BCUT2D eigenvalue weighted by atomic mass is 19.1. The molecule has 2 aliphatic rings. The van der Waals surface area contributed by atoms with Crippen molar-refractivity contribution in [3.05, 3.63) is 37.9 Å². The third-order valence-electron chi connectivity index (χ3n) is 4.04. The first kappa shape index (κ1) is 12.2. The SMILES string of the molecule is COC1=C(F)C(C2CC2)C(C)c2[nH]c(=O)[nH]c(=O)c21. The highest BCUT2D eigenvalue weighted by molar-refractivity contribution is 5.66. The van der Waals surface area contributed by atoms with Crippen LogP contribution in [0.2, 0.25) is 0 Å². The van der Waals surface area contributed by atoms with Crippen molar-refractivity contribution in [3.63, 3.8) is 0 Å². The van der Waals surface area contributed by atoms with Gasteiger partial charge in [0.2, 0.25) is 0 Å². The molecule has 1 aromatic heterocycles. The fraction of sp³-hybridized carbons (Fsp3) is 0.538. The number of H-pyrrole nitrogens is 2. The Labute approximate surface area is 108 Å². The van der Waals surface area contributed by atoms with E-state index < -0.39 is 11.2 Å². The Hall–Kier alpha value is -1.85. The van der Waals surface area contributed by atoms with Crippen molar-refractivity contribution in [3.8, 4) is 0 Å². The molecule has 2 aliphatic carbocycles. The third kappa shape index (κ3) is 1.74. The minimum Gasteiger partial charge on any atom is -0.493 e. The van der Waals surface area contributed by atoms with Crippen LogP contribution in [0.4, 0.5) is 4.39 Å². The van der Waals surface area contributed by atoms with Gasteiger partial charge in [-0.15, -0.1) is 0 Å². The van der Waals surface area contributed by atoms with Crippen molar-refractivity contribution in [2.75, 3.05) is 7.11 Å². The van der Waals surface area contributed by atoms with E-state index in [2.05, 4.69) is 9.97 Å². The van der Waals surface area contributed by atoms with Crippen LogP contribution >= 0.6 is 0 Å². The first-order chi connectivity index (χ1) is 9.04. The molecular weight excluding hydrogens is 251 g/mol. The largest absolute Gasteiger partial charge is 0.493 e. The quantitative estimate of drug-likeness (QED) is 0.851. The van der Waals surface area contributed by atoms with Gasteiger partial charge in [-0.3, -0.25) is 9.78 Å². The van der Waals surface area contributed by atoms with Crippen LogP contribution in [0.15, 0.2) is 15.4 Å². The third-order valence-corrected chi connectivity index (χ3v) is 4.04. The van der Waals surface area contributed by atoms with Gasteiger partial charge < -0.3 is 9.72 Å². The summed E-state index contributed by atoms with van der Waals surface area (Å²) in [6.07, 6.45) is 1.95. The molecule has 1 fully saturated rings. The van der Waals surface area contributed by atoms with Crippen LogP contribution < -0.4 is 11.2 Å². The van der Waals surface area contributed by atoms with E-state index in [1.807, 2.05) is 6.92 Å². The summed E-state index contributed by atoms with van der Waals surface area (Å²) in [6, 6.07) is 0. The summed E-state index contributed by atoms with van der Waals surface area (Å²) >= 11 is 0. The van der Waals surface area contributed by atoms with Gasteiger partial charge in [0.25, 0.3) is 5.56 Å². The number of methoxy groups -OCH3 is 1. The number of hydrogen-bond acceptors (Lipinski definition) is 3. The lowest BCUT2D eigenvalue weighted by atomic mass is 9.79. The van der Waals surface area contributed by atoms with Crippen molar-refractivity contribution in [1.82, 2.24) is 9.97 Å². The van der Waals surface area contributed by atoms with Crippen molar-refractivity contribution in [2.24, 2.45) is 11.8 Å². The first-order valence-corrected chi connectivity index (χ1v) is 6.35. The summed E-state index contributed by atoms with van der Waals surface area (Å²) in [6.45, 7) is 1.84. The van der Waals surface area contributed by atoms with Crippen LogP contribution in [0.5, 0.6) is 0 Å². The molecule has 102 valence electrons. The van der Waals surface area contributed by atoms with Gasteiger partial charge in [0.05, 0.1) is 7.11 Å². The standard InChI is InChI=1S/C13H15FN2O3/c1-5-7(6-3-4-6)9(14)11(19-2)8-10(5)15-13(18)16-12(8)17/h5-7H,3-4H2,1-2H3,(H2,15,16,17,18). The number of aromatic amines is 2. The smallest absolute Gasteiger partial charge is 0.325 e. The lowest BCUT2D eigenvalue weighted by Crippen LogP contribution is -2.34. The Morgan fingerprint density at radius 1 is 1.26 bits per heavy atom. The van der Waals surface area contributed by atoms with Gasteiger partial charge in [0.15, 0.2) is 5.76 Å². The summed E-state index contributed by atoms with van der Waals surface area (Å²) in [5, 5.41) is 0. The molecule has 2 unspecified atom stereocenters. The topological polar surface area (TPSA) is 75.0 Å². The van der Waals surface area contributed by atoms with Crippen molar-refractivity contribution in [2.45, 2.75) is 25.7 Å². The average molecular weight is 266 g/mol. The van der Waals surface area contributed by atoms with Gasteiger partial charge in [-0.25, -0.2) is 9.18 Å². The van der Waals surface area contributed by atoms with Crippen LogP contribution in [0.3, 0.4) is 0 Å². The maximum Gasteiger partial charge on any atom is 0.325 e. The second-order valence-electron chi connectivity index (χ2n) is 5.23. The summed E-state index contributed by atoms with van der Waals surface area (Å²) < 4.78 is 19.6. The van der Waals surface area contributed by atoms with Gasteiger partial charge in [0, 0.05) is 17.5 Å². The van der Waals surface area contributed by atoms with E-state index in [9.17, 15) is 14.0 Å². The second-order valence-corrected chi connectivity index (χ2v) is 5.23. The molecule has 2 N–H and O–H groups in total. The van der Waals surface area contributed by atoms with Gasteiger partial charge >= 0.3 is 5.69 Å². The van der Waals surface area contributed by atoms with E-state index in [0.29, 0.717) is 5.69 Å². The molecule has 5 nitrogen and oxygen atoms in total. The minimum absolute atomic E-state index is 0.0394. The first-order valence-electron chi connectivity index (χ1n) is 6.35. The molecule has 2 atom stereocenters. The molecule has 0 saturated heterocycles. The Morgan fingerprint density at radius 3 is 2.53 bits per heavy atom. The average Bonchev–Trinajstić information content (AvgIpc) is 3.15. The molecule has 0 radical (unpaired) electrons. The Balaban J connectivity index is 2.28. The zero-order valence-corrected chi connectivity index (χ0v) is 10.7. The van der Waals surface area contributed by atoms with Crippen LogP contribution in [0.1, 0.15) is 36.9 Å². The summed E-state index contributed by atoms with van der Waals surface area (Å²) in [4.78, 5) is 28.0. The van der Waals surface area contributed by atoms with Gasteiger partial charge in [-0.05, 0) is 18.8 Å². The number of ether oxygens (including phenoxy) is 1. The molecule has 1 heterocycles. The zero-order chi connectivity index (χ0) is 13.7. The normalized spacial score (nSPS) is 26.3. The van der Waals surface area contributed by atoms with Gasteiger partial charge in [-0.2, -0.15) is 0 Å². The molecule has 0 amide bonds. The van der Waals surface area contributed by atoms with E-state index in [4.69, 9.17) is 4.74 Å². The van der Waals surface area contributed by atoms with Crippen LogP contribution in [0.25, 0.3) is 5.76 Å². The zero-order valence-electron chi connectivity index (χ0n) is 10.7. The lowest BCUT2D eigenvalue weighted by molar-refractivity contribution is 0.301. The maximum absolute atomic E-state index is 14.5. The van der Waals surface area contributed by atoms with E-state index in [1.165, 1.54) is 7.11 Å². The Morgan fingerprint density at radius 2 is 1.95 bits per heavy atom. The number of allylic oxidation sites excluding steroid dienone is 1. The molecule has 0 aromatic carbocycles. The van der Waals surface area contributed by atoms with Crippen molar-refractivity contribution < 1.29 is 9.13 Å². The number of nitrogens with one attached hydrogen (secondary N) is 2. The van der Waals surface area contributed by atoms with Crippen LogP contribution in [-0.2, 0) is 4.74 Å². The lowest BCUT2D eigenvalue weighted by Gasteiger charge is -2.30. The molecular formula is C13H15FN2O3.